The summed E-state index contributed by atoms with van der Waals surface area (Å²) < 4.78 is 0. The molecule has 0 radical (unpaired) electrons. The summed E-state index contributed by atoms with van der Waals surface area (Å²) in [6, 6.07) is 9.91. The van der Waals surface area contributed by atoms with Crippen LogP contribution in [-0.2, 0) is 9.59 Å². The quantitative estimate of drug-likeness (QED) is 0.784. The van der Waals surface area contributed by atoms with Gasteiger partial charge in [0.25, 0.3) is 0 Å². The highest BCUT2D eigenvalue weighted by molar-refractivity contribution is 6.09. The lowest BCUT2D eigenvalue weighted by Gasteiger charge is -2.37. The van der Waals surface area contributed by atoms with Gasteiger partial charge in [-0.05, 0) is 55.2 Å². The highest BCUT2D eigenvalue weighted by Gasteiger charge is 2.42. The van der Waals surface area contributed by atoms with Crippen LogP contribution in [0.3, 0.4) is 0 Å². The molecule has 2 fully saturated rings. The van der Waals surface area contributed by atoms with Crippen LogP contribution in [-0.4, -0.2) is 47.9 Å². The van der Waals surface area contributed by atoms with E-state index in [1.165, 1.54) is 0 Å². The molecule has 2 aliphatic heterocycles. The molecule has 2 aromatic rings. The minimum atomic E-state index is -0.599. The zero-order valence-corrected chi connectivity index (χ0v) is 17.6. The van der Waals surface area contributed by atoms with Crippen molar-refractivity contribution in [3.8, 4) is 0 Å². The number of aryl methyl sites for hydroxylation is 2. The third-order valence-corrected chi connectivity index (χ3v) is 5.62. The second-order valence-corrected chi connectivity index (χ2v) is 7.71. The van der Waals surface area contributed by atoms with Crippen molar-refractivity contribution < 1.29 is 9.59 Å². The largest absolute Gasteiger partial charge is 0.332 e. The van der Waals surface area contributed by atoms with Crippen molar-refractivity contribution in [1.29, 1.82) is 0 Å². The average Bonchev–Trinajstić information content (AvgIpc) is 3.09. The molecular weight excluding hydrogens is 388 g/mol. The van der Waals surface area contributed by atoms with Crippen molar-refractivity contribution in [3.63, 3.8) is 0 Å². The zero-order chi connectivity index (χ0) is 19.7. The lowest BCUT2D eigenvalue weighted by molar-refractivity contribution is -0.142. The van der Waals surface area contributed by atoms with Crippen molar-refractivity contribution in [1.82, 2.24) is 15.2 Å². The molecule has 1 N–H and O–H groups in total. The second-order valence-electron chi connectivity index (χ2n) is 7.71. The van der Waals surface area contributed by atoms with Crippen LogP contribution in [0.25, 0.3) is 0 Å². The monoisotopic (exact) mass is 414 g/mol. The van der Waals surface area contributed by atoms with Gasteiger partial charge in [0.15, 0.2) is 0 Å². The summed E-state index contributed by atoms with van der Waals surface area (Å²) >= 11 is 0. The Bertz CT molecular complexity index is 869. The van der Waals surface area contributed by atoms with Crippen LogP contribution in [0.4, 0.5) is 5.69 Å². The molecule has 2 unspecified atom stereocenters. The Morgan fingerprint density at radius 3 is 2.62 bits per heavy atom. The molecule has 2 saturated heterocycles. The predicted molar refractivity (Wildman–Crippen MR) is 115 cm³/mol. The standard InChI is InChI=1S/C22H26N4O2.ClH/c1-15-10-16(2)12-18(11-15)25-8-5-19(21(25)27)22(28)26-9-7-24-14-20(26)17-4-3-6-23-13-17;/h3-4,6,10-13,19-20,24H,5,7-9,14H2,1-2H3;1H. The highest BCUT2D eigenvalue weighted by Crippen LogP contribution is 2.31. The summed E-state index contributed by atoms with van der Waals surface area (Å²) in [5, 5.41) is 3.35. The van der Waals surface area contributed by atoms with Gasteiger partial charge < -0.3 is 15.1 Å². The minimum absolute atomic E-state index is 0. The topological polar surface area (TPSA) is 65.5 Å². The van der Waals surface area contributed by atoms with E-state index in [0.29, 0.717) is 26.1 Å². The molecule has 0 spiro atoms. The number of carbonyl (C=O) groups is 2. The fraction of sp³-hybridized carbons (Fsp3) is 0.409. The number of pyridine rings is 1. The van der Waals surface area contributed by atoms with Crippen molar-refractivity contribution in [3.05, 3.63) is 59.4 Å². The zero-order valence-electron chi connectivity index (χ0n) is 16.8. The number of hydrogen-bond acceptors (Lipinski definition) is 4. The number of carbonyl (C=O) groups excluding carboxylic acids is 2. The predicted octanol–water partition coefficient (Wildman–Crippen LogP) is 2.65. The Labute approximate surface area is 177 Å². The number of hydrogen-bond donors (Lipinski definition) is 1. The molecule has 4 rings (SSSR count). The van der Waals surface area contributed by atoms with Crippen LogP contribution >= 0.6 is 12.4 Å². The smallest absolute Gasteiger partial charge is 0.239 e. The van der Waals surface area contributed by atoms with E-state index < -0.39 is 5.92 Å². The van der Waals surface area contributed by atoms with Crippen LogP contribution in [0.2, 0.25) is 0 Å². The highest BCUT2D eigenvalue weighted by atomic mass is 35.5. The Kier molecular flexibility index (Phi) is 6.55. The Morgan fingerprint density at radius 1 is 1.17 bits per heavy atom. The Morgan fingerprint density at radius 2 is 1.93 bits per heavy atom. The summed E-state index contributed by atoms with van der Waals surface area (Å²) in [7, 11) is 0. The number of nitrogens with zero attached hydrogens (tertiary/aromatic N) is 3. The lowest BCUT2D eigenvalue weighted by Crippen LogP contribution is -2.51. The van der Waals surface area contributed by atoms with Crippen molar-refractivity contribution >= 4 is 29.9 Å². The number of aromatic nitrogens is 1. The summed E-state index contributed by atoms with van der Waals surface area (Å²) in [4.78, 5) is 34.3. The molecule has 3 heterocycles. The van der Waals surface area contributed by atoms with Crippen LogP contribution in [0.5, 0.6) is 0 Å². The molecule has 2 aliphatic rings. The summed E-state index contributed by atoms with van der Waals surface area (Å²) in [5.41, 5.74) is 4.13. The van der Waals surface area contributed by atoms with Gasteiger partial charge in [-0.25, -0.2) is 0 Å². The van der Waals surface area contributed by atoms with Gasteiger partial charge in [-0.2, -0.15) is 0 Å². The van der Waals surface area contributed by atoms with Gasteiger partial charge >= 0.3 is 0 Å². The molecule has 1 aromatic heterocycles. The molecule has 7 heteroatoms. The molecule has 2 atom stereocenters. The van der Waals surface area contributed by atoms with Gasteiger partial charge in [-0.3, -0.25) is 14.6 Å². The van der Waals surface area contributed by atoms with Crippen LogP contribution in [0.15, 0.2) is 42.7 Å². The van der Waals surface area contributed by atoms with E-state index in [0.717, 1.165) is 28.9 Å². The molecule has 0 bridgehead atoms. The first-order valence-electron chi connectivity index (χ1n) is 9.85. The van der Waals surface area contributed by atoms with E-state index in [4.69, 9.17) is 0 Å². The van der Waals surface area contributed by atoms with E-state index in [2.05, 4.69) is 16.4 Å². The van der Waals surface area contributed by atoms with Crippen molar-refractivity contribution in [2.75, 3.05) is 31.1 Å². The Balaban J connectivity index is 0.00000240. The third kappa shape index (κ3) is 4.28. The first kappa shape index (κ1) is 21.3. The van der Waals surface area contributed by atoms with E-state index in [1.54, 1.807) is 17.3 Å². The summed E-state index contributed by atoms with van der Waals surface area (Å²) in [6.45, 7) is 6.66. The van der Waals surface area contributed by atoms with Gasteiger partial charge in [-0.15, -0.1) is 12.4 Å². The first-order chi connectivity index (χ1) is 13.5. The summed E-state index contributed by atoms with van der Waals surface area (Å²) in [5.74, 6) is -0.746. The average molecular weight is 415 g/mol. The molecule has 1 aromatic carbocycles. The molecule has 0 aliphatic carbocycles. The maximum absolute atomic E-state index is 13.3. The van der Waals surface area contributed by atoms with E-state index in [9.17, 15) is 9.59 Å². The molecule has 0 saturated carbocycles. The van der Waals surface area contributed by atoms with E-state index in [1.807, 2.05) is 43.0 Å². The fourth-order valence-electron chi connectivity index (χ4n) is 4.31. The van der Waals surface area contributed by atoms with Gasteiger partial charge in [0.1, 0.15) is 5.92 Å². The number of nitrogens with one attached hydrogen (secondary N) is 1. The molecule has 29 heavy (non-hydrogen) atoms. The third-order valence-electron chi connectivity index (χ3n) is 5.62. The normalized spacial score (nSPS) is 21.8. The molecule has 2 amide bonds. The number of halogens is 1. The second kappa shape index (κ2) is 8.93. The van der Waals surface area contributed by atoms with Crippen LogP contribution in [0, 0.1) is 19.8 Å². The maximum atomic E-state index is 13.3. The lowest BCUT2D eigenvalue weighted by atomic mass is 10.0. The van der Waals surface area contributed by atoms with Crippen molar-refractivity contribution in [2.24, 2.45) is 5.92 Å². The Hall–Kier alpha value is -2.44. The van der Waals surface area contributed by atoms with Gasteiger partial charge in [0.05, 0.1) is 6.04 Å². The van der Waals surface area contributed by atoms with Crippen molar-refractivity contribution in [2.45, 2.75) is 26.3 Å². The first-order valence-corrected chi connectivity index (χ1v) is 9.85. The maximum Gasteiger partial charge on any atom is 0.239 e. The molecule has 154 valence electrons. The number of rotatable bonds is 3. The number of amides is 2. The SMILES string of the molecule is Cc1cc(C)cc(N2CCC(C(=O)N3CCNCC3c3cccnc3)C2=O)c1.Cl. The van der Waals surface area contributed by atoms with Gasteiger partial charge in [-0.1, -0.05) is 12.1 Å². The van der Waals surface area contributed by atoms with Crippen LogP contribution in [0.1, 0.15) is 29.2 Å². The minimum Gasteiger partial charge on any atom is -0.332 e. The van der Waals surface area contributed by atoms with E-state index in [-0.39, 0.29) is 30.3 Å². The number of anilines is 1. The number of piperazine rings is 1. The fourth-order valence-corrected chi connectivity index (χ4v) is 4.31. The number of benzene rings is 1. The van der Waals surface area contributed by atoms with Gasteiger partial charge in [0.2, 0.25) is 11.8 Å². The molecular formula is C22H27ClN4O2. The van der Waals surface area contributed by atoms with Crippen LogP contribution < -0.4 is 10.2 Å². The van der Waals surface area contributed by atoms with E-state index >= 15 is 0 Å². The molecule has 6 nitrogen and oxygen atoms in total. The van der Waals surface area contributed by atoms with Gasteiger partial charge in [0, 0.05) is 44.3 Å². The summed E-state index contributed by atoms with van der Waals surface area (Å²) in [6.07, 6.45) is 4.10.